The molecule has 0 spiro atoms. The first kappa shape index (κ1) is 11.6. The van der Waals surface area contributed by atoms with Gasteiger partial charge in [-0.05, 0) is 6.92 Å². The highest BCUT2D eigenvalue weighted by Gasteiger charge is 2.19. The first-order valence-electron chi connectivity index (χ1n) is 3.31. The van der Waals surface area contributed by atoms with Crippen LogP contribution in [0.5, 0.6) is 0 Å². The molecule has 0 aliphatic rings. The highest BCUT2D eigenvalue weighted by molar-refractivity contribution is 7.81. The Labute approximate surface area is 81.5 Å². The summed E-state index contributed by atoms with van der Waals surface area (Å²) in [4.78, 5) is 21.3. The summed E-state index contributed by atoms with van der Waals surface area (Å²) in [6, 6.07) is -0.935. The third-order valence-corrected chi connectivity index (χ3v) is 1.78. The van der Waals surface area contributed by atoms with Crippen LogP contribution in [0.4, 0.5) is 0 Å². The summed E-state index contributed by atoms with van der Waals surface area (Å²) in [5, 5.41) is 10.3. The maximum atomic E-state index is 10.9. The Morgan fingerprint density at radius 2 is 2.08 bits per heavy atom. The van der Waals surface area contributed by atoms with Crippen molar-refractivity contribution in [2.24, 2.45) is 0 Å². The molecule has 0 rings (SSSR count). The molecular weight excluding hydrogens is 198 g/mol. The lowest BCUT2D eigenvalue weighted by molar-refractivity contribution is -0.140. The first-order valence-corrected chi connectivity index (χ1v) is 4.46. The standard InChI is InChI=1S/C6H11NO3S2/c1-3(12)5(8)7-4(2-11)6(9)10/h3-4,11-12H,2H2,1H3,(H,7,8)(H,9,10). The zero-order valence-electron chi connectivity index (χ0n) is 6.52. The van der Waals surface area contributed by atoms with E-state index in [-0.39, 0.29) is 5.75 Å². The van der Waals surface area contributed by atoms with Gasteiger partial charge in [-0.3, -0.25) is 4.79 Å². The summed E-state index contributed by atoms with van der Waals surface area (Å²) >= 11 is 7.62. The van der Waals surface area contributed by atoms with Gasteiger partial charge in [0.05, 0.1) is 5.25 Å². The fraction of sp³-hybridized carbons (Fsp3) is 0.667. The van der Waals surface area contributed by atoms with E-state index in [2.05, 4.69) is 30.6 Å². The van der Waals surface area contributed by atoms with Crippen LogP contribution in [-0.4, -0.2) is 34.0 Å². The van der Waals surface area contributed by atoms with Crippen LogP contribution in [0.1, 0.15) is 6.92 Å². The van der Waals surface area contributed by atoms with Crippen LogP contribution in [0.3, 0.4) is 0 Å². The average Bonchev–Trinajstić information content (AvgIpc) is 1.98. The number of aliphatic carboxylic acids is 1. The normalized spacial score (nSPS) is 14.9. The van der Waals surface area contributed by atoms with Gasteiger partial charge in [0.25, 0.3) is 0 Å². The fourth-order valence-electron chi connectivity index (χ4n) is 0.478. The number of hydrogen-bond acceptors (Lipinski definition) is 4. The van der Waals surface area contributed by atoms with Crippen LogP contribution >= 0.6 is 25.3 Å². The molecule has 0 aliphatic carbocycles. The predicted octanol–water partition coefficient (Wildman–Crippen LogP) is -0.196. The van der Waals surface area contributed by atoms with Crippen molar-refractivity contribution in [2.45, 2.75) is 18.2 Å². The molecule has 0 radical (unpaired) electrons. The van der Waals surface area contributed by atoms with E-state index in [1.165, 1.54) is 0 Å². The number of amides is 1. The number of rotatable bonds is 4. The van der Waals surface area contributed by atoms with E-state index in [1.807, 2.05) is 0 Å². The SMILES string of the molecule is CC(S)C(=O)NC(CS)C(=O)O. The predicted molar refractivity (Wildman–Crippen MR) is 51.9 cm³/mol. The van der Waals surface area contributed by atoms with Gasteiger partial charge >= 0.3 is 5.97 Å². The molecule has 2 unspecified atom stereocenters. The Morgan fingerprint density at radius 1 is 1.58 bits per heavy atom. The van der Waals surface area contributed by atoms with E-state index >= 15 is 0 Å². The van der Waals surface area contributed by atoms with E-state index < -0.39 is 23.2 Å². The highest BCUT2D eigenvalue weighted by atomic mass is 32.1. The number of carbonyl (C=O) groups is 2. The topological polar surface area (TPSA) is 66.4 Å². The van der Waals surface area contributed by atoms with Crippen molar-refractivity contribution in [3.63, 3.8) is 0 Å². The summed E-state index contributed by atoms with van der Waals surface area (Å²) in [6.45, 7) is 1.57. The number of hydrogen-bond donors (Lipinski definition) is 4. The molecular formula is C6H11NO3S2. The van der Waals surface area contributed by atoms with Gasteiger partial charge in [0.15, 0.2) is 0 Å². The Morgan fingerprint density at radius 3 is 2.33 bits per heavy atom. The van der Waals surface area contributed by atoms with Gasteiger partial charge in [0.2, 0.25) is 5.91 Å². The number of carbonyl (C=O) groups excluding carboxylic acids is 1. The molecule has 0 heterocycles. The van der Waals surface area contributed by atoms with Gasteiger partial charge in [-0.25, -0.2) is 4.79 Å². The van der Waals surface area contributed by atoms with E-state index in [0.29, 0.717) is 0 Å². The third-order valence-electron chi connectivity index (χ3n) is 1.18. The molecule has 1 amide bonds. The quantitative estimate of drug-likeness (QED) is 0.485. The number of nitrogens with one attached hydrogen (secondary N) is 1. The largest absolute Gasteiger partial charge is 0.480 e. The van der Waals surface area contributed by atoms with Crippen molar-refractivity contribution in [3.8, 4) is 0 Å². The maximum absolute atomic E-state index is 10.9. The molecule has 2 N–H and O–H groups in total. The Kier molecular flexibility index (Phi) is 5.16. The second-order valence-corrected chi connectivity index (χ2v) is 3.40. The molecule has 0 saturated heterocycles. The summed E-state index contributed by atoms with van der Waals surface area (Å²) in [7, 11) is 0. The van der Waals surface area contributed by atoms with Crippen molar-refractivity contribution in [1.82, 2.24) is 5.32 Å². The summed E-state index contributed by atoms with van der Waals surface area (Å²) in [5.74, 6) is -1.42. The van der Waals surface area contributed by atoms with Crippen LogP contribution in [0.2, 0.25) is 0 Å². The van der Waals surface area contributed by atoms with Crippen molar-refractivity contribution in [3.05, 3.63) is 0 Å². The monoisotopic (exact) mass is 209 g/mol. The minimum atomic E-state index is -1.09. The van der Waals surface area contributed by atoms with E-state index in [0.717, 1.165) is 0 Å². The van der Waals surface area contributed by atoms with E-state index in [1.54, 1.807) is 6.92 Å². The Bertz CT molecular complexity index is 184. The third kappa shape index (κ3) is 3.87. The maximum Gasteiger partial charge on any atom is 0.327 e. The average molecular weight is 209 g/mol. The first-order chi connectivity index (χ1) is 5.49. The van der Waals surface area contributed by atoms with Gasteiger partial charge in [0, 0.05) is 5.75 Å². The smallest absolute Gasteiger partial charge is 0.327 e. The van der Waals surface area contributed by atoms with Crippen LogP contribution in [0, 0.1) is 0 Å². The van der Waals surface area contributed by atoms with Gasteiger partial charge in [-0.15, -0.1) is 0 Å². The van der Waals surface area contributed by atoms with E-state index in [9.17, 15) is 9.59 Å². The summed E-state index contributed by atoms with van der Waals surface area (Å²) in [5.41, 5.74) is 0. The lowest BCUT2D eigenvalue weighted by Crippen LogP contribution is -2.44. The van der Waals surface area contributed by atoms with Crippen LogP contribution < -0.4 is 5.32 Å². The number of carboxylic acid groups (broad SMARTS) is 1. The second-order valence-electron chi connectivity index (χ2n) is 2.26. The van der Waals surface area contributed by atoms with E-state index in [4.69, 9.17) is 5.11 Å². The second kappa shape index (κ2) is 5.31. The van der Waals surface area contributed by atoms with Crippen molar-refractivity contribution in [2.75, 3.05) is 5.75 Å². The molecule has 0 fully saturated rings. The highest BCUT2D eigenvalue weighted by Crippen LogP contribution is 1.95. The Balaban J connectivity index is 4.03. The summed E-state index contributed by atoms with van der Waals surface area (Å²) < 4.78 is 0. The Hall–Kier alpha value is -0.360. The van der Waals surface area contributed by atoms with Crippen molar-refractivity contribution < 1.29 is 14.7 Å². The lowest BCUT2D eigenvalue weighted by atomic mass is 10.3. The lowest BCUT2D eigenvalue weighted by Gasteiger charge is -2.12. The molecule has 12 heavy (non-hydrogen) atoms. The molecule has 0 aromatic rings. The molecule has 0 bridgehead atoms. The molecule has 0 aliphatic heterocycles. The van der Waals surface area contributed by atoms with Gasteiger partial charge in [-0.1, -0.05) is 0 Å². The minimum Gasteiger partial charge on any atom is -0.480 e. The molecule has 6 heteroatoms. The molecule has 4 nitrogen and oxygen atoms in total. The van der Waals surface area contributed by atoms with Gasteiger partial charge < -0.3 is 10.4 Å². The van der Waals surface area contributed by atoms with Crippen molar-refractivity contribution >= 4 is 37.1 Å². The fourth-order valence-corrected chi connectivity index (χ4v) is 0.800. The number of thiol groups is 2. The summed E-state index contributed by atoms with van der Waals surface area (Å²) in [6.07, 6.45) is 0. The zero-order valence-corrected chi connectivity index (χ0v) is 8.31. The molecule has 0 saturated carbocycles. The van der Waals surface area contributed by atoms with Crippen LogP contribution in [-0.2, 0) is 9.59 Å². The van der Waals surface area contributed by atoms with Crippen molar-refractivity contribution in [1.29, 1.82) is 0 Å². The van der Waals surface area contributed by atoms with Crippen LogP contribution in [0.15, 0.2) is 0 Å². The van der Waals surface area contributed by atoms with Gasteiger partial charge in [-0.2, -0.15) is 25.3 Å². The minimum absolute atomic E-state index is 0.0710. The molecule has 2 atom stereocenters. The number of carboxylic acids is 1. The molecule has 70 valence electrons. The van der Waals surface area contributed by atoms with Crippen LogP contribution in [0.25, 0.3) is 0 Å². The zero-order chi connectivity index (χ0) is 9.72. The molecule has 0 aromatic heterocycles. The molecule has 0 aromatic carbocycles. The van der Waals surface area contributed by atoms with Gasteiger partial charge in [0.1, 0.15) is 6.04 Å².